The van der Waals surface area contributed by atoms with Crippen molar-refractivity contribution >= 4 is 31.9 Å². The maximum absolute atomic E-state index is 12.1. The van der Waals surface area contributed by atoms with Crippen LogP contribution >= 0.6 is 11.8 Å². The van der Waals surface area contributed by atoms with Crippen LogP contribution in [0.1, 0.15) is 24.8 Å². The van der Waals surface area contributed by atoms with Gasteiger partial charge in [0.15, 0.2) is 0 Å². The zero-order valence-corrected chi connectivity index (χ0v) is 18.3. The molecule has 0 saturated carbocycles. The number of hydrogen-bond donors (Lipinski definition) is 0. The molecule has 10 heteroatoms. The first-order valence-corrected chi connectivity index (χ1v) is 13.4. The van der Waals surface area contributed by atoms with Crippen molar-refractivity contribution in [2.24, 2.45) is 0 Å². The Balaban J connectivity index is 1.89. The Morgan fingerprint density at radius 3 is 2.37 bits per heavy atom. The zero-order valence-electron chi connectivity index (χ0n) is 15.8. The molecule has 154 valence electrons. The summed E-state index contributed by atoms with van der Waals surface area (Å²) in [5.41, 5.74) is 1.16. The molecule has 7 nitrogen and oxygen atoms in total. The molecule has 0 aliphatic carbocycles. The quantitative estimate of drug-likeness (QED) is 0.409. The summed E-state index contributed by atoms with van der Waals surface area (Å²) in [6, 6.07) is 7.73. The van der Waals surface area contributed by atoms with E-state index >= 15 is 0 Å². The van der Waals surface area contributed by atoms with Crippen LogP contribution in [0.5, 0.6) is 5.75 Å². The van der Waals surface area contributed by atoms with Gasteiger partial charge in [-0.2, -0.15) is 24.5 Å². The highest BCUT2D eigenvalue weighted by Crippen LogP contribution is 2.33. The topological polar surface area (TPSA) is 90.0 Å². The molecular formula is C17H27NO6S3. The normalized spacial score (nSPS) is 21.4. The van der Waals surface area contributed by atoms with E-state index in [9.17, 15) is 16.8 Å². The molecule has 0 bridgehead atoms. The molecule has 2 unspecified atom stereocenters. The molecule has 0 amide bonds. The average Bonchev–Trinajstić information content (AvgIpc) is 3.00. The van der Waals surface area contributed by atoms with Crippen LogP contribution in [0.4, 0.5) is 0 Å². The Labute approximate surface area is 166 Å². The minimum absolute atomic E-state index is 0.0800. The number of hydrogen-bond acceptors (Lipinski definition) is 7. The zero-order chi connectivity index (χ0) is 20.1. The van der Waals surface area contributed by atoms with Crippen LogP contribution in [0.3, 0.4) is 0 Å². The fraction of sp³-hybridized carbons (Fsp3) is 0.647. The lowest BCUT2D eigenvalue weighted by molar-refractivity contribution is 0.287. The average molecular weight is 438 g/mol. The summed E-state index contributed by atoms with van der Waals surface area (Å²) in [6.45, 7) is 0.563. The molecular weight excluding hydrogens is 410 g/mol. The molecule has 1 aromatic rings. The third kappa shape index (κ3) is 7.61. The highest BCUT2D eigenvalue weighted by Gasteiger charge is 2.37. The van der Waals surface area contributed by atoms with Crippen molar-refractivity contribution in [1.29, 1.82) is 0 Å². The van der Waals surface area contributed by atoms with E-state index in [1.807, 2.05) is 24.3 Å². The fourth-order valence-corrected chi connectivity index (χ4v) is 6.04. The van der Waals surface area contributed by atoms with Gasteiger partial charge in [0, 0.05) is 23.6 Å². The largest absolute Gasteiger partial charge is 0.497 e. The predicted molar refractivity (Wildman–Crippen MR) is 108 cm³/mol. The molecule has 1 aromatic carbocycles. The molecule has 0 radical (unpaired) electrons. The first kappa shape index (κ1) is 22.5. The van der Waals surface area contributed by atoms with Crippen LogP contribution in [-0.2, 0) is 30.1 Å². The number of nitrogens with zero attached hydrogens (tertiary/aromatic N) is 1. The number of ether oxygens (including phenoxy) is 1. The van der Waals surface area contributed by atoms with Gasteiger partial charge in [-0.05, 0) is 37.0 Å². The van der Waals surface area contributed by atoms with Gasteiger partial charge in [0.2, 0.25) is 10.0 Å². The van der Waals surface area contributed by atoms with Crippen molar-refractivity contribution in [2.75, 3.05) is 32.8 Å². The summed E-state index contributed by atoms with van der Waals surface area (Å²) in [7, 11) is -5.13. The van der Waals surface area contributed by atoms with Crippen LogP contribution < -0.4 is 4.74 Å². The summed E-state index contributed by atoms with van der Waals surface area (Å²) in [4.78, 5) is 0. The molecule has 2 atom stereocenters. The number of sulfonamides is 1. The lowest BCUT2D eigenvalue weighted by Crippen LogP contribution is -2.35. The lowest BCUT2D eigenvalue weighted by atomic mass is 10.1. The Hall–Kier alpha value is -0.810. The maximum Gasteiger partial charge on any atom is 0.264 e. The van der Waals surface area contributed by atoms with Gasteiger partial charge in [0.1, 0.15) is 5.75 Å². The van der Waals surface area contributed by atoms with Gasteiger partial charge in [0.05, 0.1) is 26.2 Å². The predicted octanol–water partition coefficient (Wildman–Crippen LogP) is 2.09. The van der Waals surface area contributed by atoms with Gasteiger partial charge in [-0.3, -0.25) is 4.18 Å². The molecule has 1 heterocycles. The molecule has 0 spiro atoms. The number of benzene rings is 1. The Morgan fingerprint density at radius 2 is 1.81 bits per heavy atom. The molecule has 1 aliphatic rings. The summed E-state index contributed by atoms with van der Waals surface area (Å²) in [6.07, 6.45) is 4.08. The van der Waals surface area contributed by atoms with E-state index in [-0.39, 0.29) is 17.9 Å². The van der Waals surface area contributed by atoms with Gasteiger partial charge >= 0.3 is 0 Å². The molecule has 1 saturated heterocycles. The Morgan fingerprint density at radius 1 is 1.15 bits per heavy atom. The van der Waals surface area contributed by atoms with E-state index in [1.165, 1.54) is 6.26 Å². The SMILES string of the molecule is COc1ccc(CSC2CC(CCCOS(C)(=O)=O)N(S(C)(=O)=O)C2)cc1. The van der Waals surface area contributed by atoms with E-state index in [0.717, 1.165) is 29.7 Å². The van der Waals surface area contributed by atoms with Gasteiger partial charge in [-0.25, -0.2) is 8.42 Å². The van der Waals surface area contributed by atoms with Crippen LogP contribution in [-0.4, -0.2) is 65.2 Å². The van der Waals surface area contributed by atoms with Crippen molar-refractivity contribution < 1.29 is 25.8 Å². The third-order valence-electron chi connectivity index (χ3n) is 4.38. The standard InChI is InChI=1S/C17H27NO6S3/c1-23-16-8-6-14(7-9-16)13-25-17-11-15(18(12-17)26(2,19)20)5-4-10-24-27(3,21)22/h6-9,15,17H,4-5,10-13H2,1-3H3. The van der Waals surface area contributed by atoms with E-state index in [4.69, 9.17) is 8.92 Å². The molecule has 0 aromatic heterocycles. The van der Waals surface area contributed by atoms with Gasteiger partial charge in [-0.1, -0.05) is 12.1 Å². The Kier molecular flexibility index (Phi) is 7.99. The summed E-state index contributed by atoms with van der Waals surface area (Å²) in [5, 5.41) is 0.211. The van der Waals surface area contributed by atoms with Crippen LogP contribution in [0.15, 0.2) is 24.3 Å². The van der Waals surface area contributed by atoms with Crippen LogP contribution in [0.25, 0.3) is 0 Å². The summed E-state index contributed by atoms with van der Waals surface area (Å²) in [5.74, 6) is 1.61. The van der Waals surface area contributed by atoms with Crippen molar-refractivity contribution in [2.45, 2.75) is 36.3 Å². The van der Waals surface area contributed by atoms with E-state index in [2.05, 4.69) is 0 Å². The minimum Gasteiger partial charge on any atom is -0.497 e. The second-order valence-corrected chi connectivity index (χ2v) is 11.5. The molecule has 1 fully saturated rings. The van der Waals surface area contributed by atoms with Crippen molar-refractivity contribution in [3.05, 3.63) is 29.8 Å². The fourth-order valence-electron chi connectivity index (χ4n) is 3.10. The highest BCUT2D eigenvalue weighted by atomic mass is 32.2. The second-order valence-electron chi connectivity index (χ2n) is 6.67. The van der Waals surface area contributed by atoms with E-state index in [1.54, 1.807) is 23.2 Å². The summed E-state index contributed by atoms with van der Waals surface area (Å²) < 4.78 is 57.7. The molecule has 2 rings (SSSR count). The van der Waals surface area contributed by atoms with Crippen LogP contribution in [0.2, 0.25) is 0 Å². The monoisotopic (exact) mass is 437 g/mol. The van der Waals surface area contributed by atoms with Crippen molar-refractivity contribution in [3.8, 4) is 5.75 Å². The molecule has 0 N–H and O–H groups in total. The molecule has 1 aliphatic heterocycles. The number of rotatable bonds is 10. The first-order chi connectivity index (χ1) is 12.6. The van der Waals surface area contributed by atoms with Gasteiger partial charge in [0.25, 0.3) is 10.1 Å². The second kappa shape index (κ2) is 9.60. The number of thioether (sulfide) groups is 1. The van der Waals surface area contributed by atoms with E-state index < -0.39 is 20.1 Å². The van der Waals surface area contributed by atoms with Crippen LogP contribution in [0, 0.1) is 0 Å². The third-order valence-corrected chi connectivity index (χ3v) is 7.58. The Bertz CT molecular complexity index is 808. The van der Waals surface area contributed by atoms with Crippen molar-refractivity contribution in [3.63, 3.8) is 0 Å². The summed E-state index contributed by atoms with van der Waals surface area (Å²) >= 11 is 1.74. The van der Waals surface area contributed by atoms with Gasteiger partial charge < -0.3 is 4.74 Å². The number of methoxy groups -OCH3 is 1. The first-order valence-electron chi connectivity index (χ1n) is 8.64. The minimum atomic E-state index is -3.46. The maximum atomic E-state index is 12.1. The van der Waals surface area contributed by atoms with E-state index in [0.29, 0.717) is 19.4 Å². The van der Waals surface area contributed by atoms with Gasteiger partial charge in [-0.15, -0.1) is 0 Å². The highest BCUT2D eigenvalue weighted by molar-refractivity contribution is 7.99. The smallest absolute Gasteiger partial charge is 0.264 e. The molecule has 27 heavy (non-hydrogen) atoms. The van der Waals surface area contributed by atoms with Crippen molar-refractivity contribution in [1.82, 2.24) is 4.31 Å². The lowest BCUT2D eigenvalue weighted by Gasteiger charge is -2.21.